The van der Waals surface area contributed by atoms with E-state index >= 15 is 0 Å². The van der Waals surface area contributed by atoms with Crippen LogP contribution in [0.5, 0.6) is 11.5 Å². The van der Waals surface area contributed by atoms with Gasteiger partial charge >= 0.3 is 6.61 Å². The summed E-state index contributed by atoms with van der Waals surface area (Å²) in [5.74, 6) is -0.145. The Kier molecular flexibility index (Phi) is 6.01. The fraction of sp³-hybridized carbons (Fsp3) is 0.417. The lowest BCUT2D eigenvalue weighted by Crippen LogP contribution is -2.14. The van der Waals surface area contributed by atoms with E-state index in [0.717, 1.165) is 0 Å². The van der Waals surface area contributed by atoms with Gasteiger partial charge in [0.05, 0.1) is 12.8 Å². The highest BCUT2D eigenvalue weighted by Gasteiger charge is 2.13. The van der Waals surface area contributed by atoms with E-state index < -0.39 is 12.5 Å². The van der Waals surface area contributed by atoms with Gasteiger partial charge in [0.2, 0.25) is 5.91 Å². The van der Waals surface area contributed by atoms with Crippen LogP contribution in [0.1, 0.15) is 12.8 Å². The van der Waals surface area contributed by atoms with E-state index in [2.05, 4.69) is 10.1 Å². The van der Waals surface area contributed by atoms with Crippen molar-refractivity contribution in [3.05, 3.63) is 18.2 Å². The van der Waals surface area contributed by atoms with Crippen LogP contribution in [0.2, 0.25) is 0 Å². The molecule has 1 aromatic carbocycles. The summed E-state index contributed by atoms with van der Waals surface area (Å²) in [6.07, 6.45) is 0.378. The minimum absolute atomic E-state index is 0.0851. The monoisotopic (exact) mass is 275 g/mol. The molecule has 106 valence electrons. The molecule has 0 heterocycles. The molecule has 0 fully saturated rings. The second-order valence-corrected chi connectivity index (χ2v) is 3.62. The molecule has 0 radical (unpaired) electrons. The third-order valence-electron chi connectivity index (χ3n) is 2.24. The summed E-state index contributed by atoms with van der Waals surface area (Å²) in [6.45, 7) is -3.10. The summed E-state index contributed by atoms with van der Waals surface area (Å²) >= 11 is 0. The highest BCUT2D eigenvalue weighted by Crippen LogP contribution is 2.30. The average Bonchev–Trinajstić information content (AvgIpc) is 2.37. The highest BCUT2D eigenvalue weighted by molar-refractivity contribution is 5.92. The fourth-order valence-electron chi connectivity index (χ4n) is 1.38. The Morgan fingerprint density at radius 2 is 2.21 bits per heavy atom. The largest absolute Gasteiger partial charge is 0.497 e. The van der Waals surface area contributed by atoms with Crippen LogP contribution in [0.3, 0.4) is 0 Å². The van der Waals surface area contributed by atoms with E-state index in [1.165, 1.54) is 25.3 Å². The van der Waals surface area contributed by atoms with Crippen LogP contribution in [-0.4, -0.2) is 31.3 Å². The van der Waals surface area contributed by atoms with E-state index in [9.17, 15) is 13.6 Å². The summed E-state index contributed by atoms with van der Waals surface area (Å²) in [6, 6.07) is 4.11. The number of methoxy groups -OCH3 is 1. The van der Waals surface area contributed by atoms with Gasteiger partial charge in [0.1, 0.15) is 11.5 Å². The van der Waals surface area contributed by atoms with Crippen molar-refractivity contribution in [1.82, 2.24) is 0 Å². The van der Waals surface area contributed by atoms with Crippen molar-refractivity contribution in [1.29, 1.82) is 0 Å². The highest BCUT2D eigenvalue weighted by atomic mass is 19.3. The topological polar surface area (TPSA) is 67.8 Å². The SMILES string of the molecule is COc1ccc(OC(F)F)c(NC(=O)CCCO)c1. The minimum atomic E-state index is -2.98. The first kappa shape index (κ1) is 15.2. The Labute approximate surface area is 109 Å². The molecule has 0 aromatic heterocycles. The molecule has 1 aromatic rings. The first-order valence-electron chi connectivity index (χ1n) is 5.60. The van der Waals surface area contributed by atoms with Gasteiger partial charge in [-0.15, -0.1) is 0 Å². The molecule has 0 spiro atoms. The molecule has 0 aliphatic rings. The van der Waals surface area contributed by atoms with Crippen LogP contribution in [0.15, 0.2) is 18.2 Å². The summed E-state index contributed by atoms with van der Waals surface area (Å²) in [5.41, 5.74) is 0.0996. The molecule has 5 nitrogen and oxygen atoms in total. The molecule has 19 heavy (non-hydrogen) atoms. The maximum atomic E-state index is 12.2. The van der Waals surface area contributed by atoms with E-state index in [-0.39, 0.29) is 24.5 Å². The normalized spacial score (nSPS) is 10.4. The maximum absolute atomic E-state index is 12.2. The number of aliphatic hydroxyl groups is 1. The number of nitrogens with one attached hydrogen (secondary N) is 1. The van der Waals surface area contributed by atoms with E-state index in [0.29, 0.717) is 12.2 Å². The summed E-state index contributed by atoms with van der Waals surface area (Å²) in [7, 11) is 1.42. The lowest BCUT2D eigenvalue weighted by Gasteiger charge is -2.13. The fourth-order valence-corrected chi connectivity index (χ4v) is 1.38. The molecule has 1 amide bonds. The number of carbonyl (C=O) groups excluding carboxylic acids is 1. The minimum Gasteiger partial charge on any atom is -0.497 e. The Balaban J connectivity index is 2.84. The molecule has 0 bridgehead atoms. The number of carbonyl (C=O) groups is 1. The van der Waals surface area contributed by atoms with Crippen LogP contribution in [0.25, 0.3) is 0 Å². The van der Waals surface area contributed by atoms with Crippen molar-refractivity contribution in [2.45, 2.75) is 19.5 Å². The standard InChI is InChI=1S/C12H15F2NO4/c1-18-8-4-5-10(19-12(13)14)9(7-8)15-11(17)3-2-6-16/h4-5,7,12,16H,2-3,6H2,1H3,(H,15,17). The number of alkyl halides is 2. The van der Waals surface area contributed by atoms with Crippen molar-refractivity contribution in [3.63, 3.8) is 0 Å². The van der Waals surface area contributed by atoms with Crippen molar-refractivity contribution in [2.24, 2.45) is 0 Å². The van der Waals surface area contributed by atoms with Crippen molar-refractivity contribution in [2.75, 3.05) is 19.0 Å². The first-order valence-corrected chi connectivity index (χ1v) is 5.60. The number of rotatable bonds is 7. The van der Waals surface area contributed by atoms with Crippen molar-refractivity contribution in [3.8, 4) is 11.5 Å². The molecule has 0 aliphatic carbocycles. The van der Waals surface area contributed by atoms with Crippen molar-refractivity contribution >= 4 is 11.6 Å². The van der Waals surface area contributed by atoms with Gasteiger partial charge in [-0.05, 0) is 18.6 Å². The number of benzene rings is 1. The van der Waals surface area contributed by atoms with Crippen LogP contribution >= 0.6 is 0 Å². The van der Waals surface area contributed by atoms with Gasteiger partial charge in [-0.25, -0.2) is 0 Å². The molecule has 2 N–H and O–H groups in total. The van der Waals surface area contributed by atoms with E-state index in [4.69, 9.17) is 9.84 Å². The summed E-state index contributed by atoms with van der Waals surface area (Å²) < 4.78 is 33.7. The Bertz CT molecular complexity index is 426. The molecule has 1 rings (SSSR count). The molecule has 0 saturated carbocycles. The Hall–Kier alpha value is -1.89. The molecule has 0 saturated heterocycles. The third-order valence-corrected chi connectivity index (χ3v) is 2.24. The summed E-state index contributed by atoms with van der Waals surface area (Å²) in [4.78, 5) is 11.5. The van der Waals surface area contributed by atoms with Gasteiger partial charge in [0.25, 0.3) is 0 Å². The molecule has 0 atom stereocenters. The van der Waals surface area contributed by atoms with Gasteiger partial charge in [-0.3, -0.25) is 4.79 Å². The molecule has 0 aliphatic heterocycles. The number of hydrogen-bond donors (Lipinski definition) is 2. The molecular weight excluding hydrogens is 260 g/mol. The van der Waals surface area contributed by atoms with Crippen LogP contribution in [-0.2, 0) is 4.79 Å². The van der Waals surface area contributed by atoms with E-state index in [1.807, 2.05) is 0 Å². The number of aliphatic hydroxyl groups excluding tert-OH is 1. The molecule has 0 unspecified atom stereocenters. The van der Waals surface area contributed by atoms with Gasteiger partial charge in [-0.2, -0.15) is 8.78 Å². The van der Waals surface area contributed by atoms with Crippen LogP contribution < -0.4 is 14.8 Å². The lowest BCUT2D eigenvalue weighted by atomic mass is 10.2. The number of hydrogen-bond acceptors (Lipinski definition) is 4. The van der Waals surface area contributed by atoms with Gasteiger partial charge in [0.15, 0.2) is 0 Å². The number of halogens is 2. The van der Waals surface area contributed by atoms with Crippen LogP contribution in [0, 0.1) is 0 Å². The quantitative estimate of drug-likeness (QED) is 0.798. The molecular formula is C12H15F2NO4. The van der Waals surface area contributed by atoms with Gasteiger partial charge in [-0.1, -0.05) is 0 Å². The maximum Gasteiger partial charge on any atom is 0.387 e. The zero-order chi connectivity index (χ0) is 14.3. The predicted molar refractivity (Wildman–Crippen MR) is 64.6 cm³/mol. The second kappa shape index (κ2) is 7.52. The summed E-state index contributed by atoms with van der Waals surface area (Å²) in [5, 5.41) is 11.1. The van der Waals surface area contributed by atoms with Gasteiger partial charge < -0.3 is 19.9 Å². The Morgan fingerprint density at radius 3 is 2.79 bits per heavy atom. The smallest absolute Gasteiger partial charge is 0.387 e. The number of ether oxygens (including phenoxy) is 2. The van der Waals surface area contributed by atoms with E-state index in [1.54, 1.807) is 0 Å². The second-order valence-electron chi connectivity index (χ2n) is 3.62. The van der Waals surface area contributed by atoms with Crippen LogP contribution in [0.4, 0.5) is 14.5 Å². The first-order chi connectivity index (χ1) is 9.06. The predicted octanol–water partition coefficient (Wildman–Crippen LogP) is 2.01. The zero-order valence-corrected chi connectivity index (χ0v) is 10.4. The van der Waals surface area contributed by atoms with Crippen molar-refractivity contribution < 1.29 is 28.2 Å². The number of anilines is 1. The zero-order valence-electron chi connectivity index (χ0n) is 10.4. The Morgan fingerprint density at radius 1 is 1.47 bits per heavy atom. The average molecular weight is 275 g/mol. The lowest BCUT2D eigenvalue weighted by molar-refractivity contribution is -0.116. The molecule has 7 heteroatoms. The number of amides is 1. The van der Waals surface area contributed by atoms with Gasteiger partial charge in [0, 0.05) is 19.1 Å². The third kappa shape index (κ3) is 5.09.